The molecule has 3 aliphatic rings. The third kappa shape index (κ3) is 3.34. The van der Waals surface area contributed by atoms with Gasteiger partial charge in [0.1, 0.15) is 11.5 Å². The highest BCUT2D eigenvalue weighted by Crippen LogP contribution is 2.41. The first-order valence-electron chi connectivity index (χ1n) is 9.99. The number of piperidine rings is 1. The molecule has 29 heavy (non-hydrogen) atoms. The fraction of sp³-hybridized carbons (Fsp3) is 0.348. The van der Waals surface area contributed by atoms with Crippen LogP contribution in [0.2, 0.25) is 0 Å². The number of rotatable bonds is 3. The number of aromatic hydroxyl groups is 1. The van der Waals surface area contributed by atoms with E-state index in [0.717, 1.165) is 37.4 Å². The van der Waals surface area contributed by atoms with Gasteiger partial charge in [0, 0.05) is 6.54 Å². The van der Waals surface area contributed by atoms with E-state index in [1.54, 1.807) is 18.2 Å². The van der Waals surface area contributed by atoms with Crippen molar-refractivity contribution in [2.75, 3.05) is 19.9 Å². The van der Waals surface area contributed by atoms with Crippen molar-refractivity contribution in [2.24, 2.45) is 5.92 Å². The number of carbonyl (C=O) groups is 1. The van der Waals surface area contributed by atoms with E-state index in [1.807, 2.05) is 18.2 Å². The van der Waals surface area contributed by atoms with Crippen LogP contribution in [0.5, 0.6) is 23.0 Å². The Morgan fingerprint density at radius 1 is 1.14 bits per heavy atom. The summed E-state index contributed by atoms with van der Waals surface area (Å²) < 4.78 is 16.7. The quantitative estimate of drug-likeness (QED) is 0.796. The molecule has 0 bridgehead atoms. The number of carbonyl (C=O) groups excluding carboxylic acids is 1. The molecule has 1 saturated heterocycles. The Balaban J connectivity index is 1.43. The minimum Gasteiger partial charge on any atom is -0.507 e. The lowest BCUT2D eigenvalue weighted by atomic mass is 9.98. The second-order valence-corrected chi connectivity index (χ2v) is 7.95. The lowest BCUT2D eigenvalue weighted by Crippen LogP contribution is -2.32. The average molecular weight is 393 g/mol. The second kappa shape index (κ2) is 7.12. The Kier molecular flexibility index (Phi) is 4.43. The summed E-state index contributed by atoms with van der Waals surface area (Å²) >= 11 is 0. The molecule has 0 radical (unpaired) electrons. The maximum atomic E-state index is 12.9. The van der Waals surface area contributed by atoms with Crippen molar-refractivity contribution in [1.29, 1.82) is 0 Å². The number of hydrogen-bond donors (Lipinski definition) is 1. The van der Waals surface area contributed by atoms with E-state index in [4.69, 9.17) is 14.2 Å². The molecular weight excluding hydrogens is 370 g/mol. The zero-order valence-electron chi connectivity index (χ0n) is 16.3. The van der Waals surface area contributed by atoms with Gasteiger partial charge in [-0.15, -0.1) is 0 Å². The Labute approximate surface area is 169 Å². The van der Waals surface area contributed by atoms with Gasteiger partial charge in [-0.25, -0.2) is 0 Å². The first kappa shape index (κ1) is 18.1. The van der Waals surface area contributed by atoms with Crippen LogP contribution in [0.25, 0.3) is 6.08 Å². The Hall–Kier alpha value is -2.99. The van der Waals surface area contributed by atoms with Crippen molar-refractivity contribution in [3.63, 3.8) is 0 Å². The predicted octanol–water partition coefficient (Wildman–Crippen LogP) is 3.97. The summed E-state index contributed by atoms with van der Waals surface area (Å²) in [5.41, 5.74) is 1.97. The molecule has 0 unspecified atom stereocenters. The summed E-state index contributed by atoms with van der Waals surface area (Å²) in [5.74, 6) is 2.79. The molecule has 2 aromatic rings. The zero-order chi connectivity index (χ0) is 20.0. The summed E-state index contributed by atoms with van der Waals surface area (Å²) in [6, 6.07) is 8.71. The number of phenols is 1. The van der Waals surface area contributed by atoms with Crippen molar-refractivity contribution < 1.29 is 24.1 Å². The SMILES string of the molecule is CC1CCN(Cc2c(O)ccc3c2OC(=Cc2ccc4c(c2)OCO4)C3=O)CC1. The van der Waals surface area contributed by atoms with Crippen LogP contribution in [0.1, 0.15) is 41.3 Å². The van der Waals surface area contributed by atoms with Crippen LogP contribution < -0.4 is 14.2 Å². The second-order valence-electron chi connectivity index (χ2n) is 7.95. The topological polar surface area (TPSA) is 68.2 Å². The van der Waals surface area contributed by atoms with Crippen LogP contribution >= 0.6 is 0 Å². The van der Waals surface area contributed by atoms with Crippen LogP contribution in [0.15, 0.2) is 36.1 Å². The molecule has 3 heterocycles. The van der Waals surface area contributed by atoms with E-state index in [-0.39, 0.29) is 24.1 Å². The average Bonchev–Trinajstić information content (AvgIpc) is 3.30. The van der Waals surface area contributed by atoms with Gasteiger partial charge in [-0.3, -0.25) is 9.69 Å². The molecule has 0 atom stereocenters. The molecule has 150 valence electrons. The standard InChI is InChI=1S/C23H23NO5/c1-14-6-8-24(9-7-14)12-17-18(25)4-3-16-22(26)21(29-23(16)17)11-15-2-5-19-20(10-15)28-13-27-19/h2-5,10-11,14,25H,6-9,12-13H2,1H3. The van der Waals surface area contributed by atoms with Crippen molar-refractivity contribution in [3.8, 4) is 23.0 Å². The van der Waals surface area contributed by atoms with Gasteiger partial charge < -0.3 is 19.3 Å². The van der Waals surface area contributed by atoms with Gasteiger partial charge in [0.15, 0.2) is 17.3 Å². The number of likely N-dealkylation sites (tertiary alicyclic amines) is 1. The molecule has 1 fully saturated rings. The van der Waals surface area contributed by atoms with Crippen LogP contribution in [0.3, 0.4) is 0 Å². The molecule has 6 heteroatoms. The fourth-order valence-corrected chi connectivity index (χ4v) is 4.05. The molecule has 1 N–H and O–H groups in total. The molecular formula is C23H23NO5. The van der Waals surface area contributed by atoms with E-state index in [0.29, 0.717) is 34.9 Å². The van der Waals surface area contributed by atoms with Crippen molar-refractivity contribution >= 4 is 11.9 Å². The smallest absolute Gasteiger partial charge is 0.231 e. The Morgan fingerprint density at radius 2 is 1.93 bits per heavy atom. The number of allylic oxidation sites excluding steroid dienone is 1. The number of ketones is 1. The normalized spacial score (nSPS) is 20.2. The number of Topliss-reactive ketones (excluding diaryl/α,β-unsaturated/α-hetero) is 1. The van der Waals surface area contributed by atoms with Gasteiger partial charge >= 0.3 is 0 Å². The number of benzene rings is 2. The number of fused-ring (bicyclic) bond motifs is 2. The number of nitrogens with zero attached hydrogens (tertiary/aromatic N) is 1. The van der Waals surface area contributed by atoms with Gasteiger partial charge in [0.25, 0.3) is 0 Å². The third-order valence-corrected chi connectivity index (χ3v) is 5.87. The van der Waals surface area contributed by atoms with Crippen molar-refractivity contribution in [2.45, 2.75) is 26.3 Å². The lowest BCUT2D eigenvalue weighted by Gasteiger charge is -2.30. The van der Waals surface area contributed by atoms with Crippen LogP contribution in [0, 0.1) is 5.92 Å². The van der Waals surface area contributed by atoms with Gasteiger partial charge in [-0.2, -0.15) is 0 Å². The highest BCUT2D eigenvalue weighted by Gasteiger charge is 2.32. The molecule has 0 saturated carbocycles. The minimum absolute atomic E-state index is 0.166. The van der Waals surface area contributed by atoms with Crippen molar-refractivity contribution in [1.82, 2.24) is 4.90 Å². The van der Waals surface area contributed by atoms with Crippen LogP contribution in [0.4, 0.5) is 0 Å². The summed E-state index contributed by atoms with van der Waals surface area (Å²) in [7, 11) is 0. The maximum absolute atomic E-state index is 12.9. The molecule has 6 nitrogen and oxygen atoms in total. The first-order valence-corrected chi connectivity index (χ1v) is 9.99. The van der Waals surface area contributed by atoms with E-state index in [1.165, 1.54) is 0 Å². The highest BCUT2D eigenvalue weighted by atomic mass is 16.7. The maximum Gasteiger partial charge on any atom is 0.231 e. The van der Waals surface area contributed by atoms with Gasteiger partial charge in [0.2, 0.25) is 12.6 Å². The summed E-state index contributed by atoms with van der Waals surface area (Å²) in [5, 5.41) is 10.5. The molecule has 2 aromatic carbocycles. The number of phenolic OH excluding ortho intramolecular Hbond substituents is 1. The first-order chi connectivity index (χ1) is 14.1. The van der Waals surface area contributed by atoms with E-state index < -0.39 is 0 Å². The number of ether oxygens (including phenoxy) is 3. The van der Waals surface area contributed by atoms with E-state index in [2.05, 4.69) is 11.8 Å². The lowest BCUT2D eigenvalue weighted by molar-refractivity contribution is 0.101. The van der Waals surface area contributed by atoms with Gasteiger partial charge in [0.05, 0.1) is 11.1 Å². The third-order valence-electron chi connectivity index (χ3n) is 5.87. The van der Waals surface area contributed by atoms with Crippen LogP contribution in [-0.4, -0.2) is 35.7 Å². The highest BCUT2D eigenvalue weighted by molar-refractivity contribution is 6.15. The molecule has 0 aliphatic carbocycles. The summed E-state index contributed by atoms with van der Waals surface area (Å²) in [4.78, 5) is 15.2. The Morgan fingerprint density at radius 3 is 2.76 bits per heavy atom. The minimum atomic E-state index is -0.175. The molecule has 5 rings (SSSR count). The summed E-state index contributed by atoms with van der Waals surface area (Å²) in [6.45, 7) is 5.01. The van der Waals surface area contributed by atoms with Crippen LogP contribution in [-0.2, 0) is 6.54 Å². The Bertz CT molecular complexity index is 1000. The predicted molar refractivity (Wildman–Crippen MR) is 107 cm³/mol. The molecule has 3 aliphatic heterocycles. The zero-order valence-corrected chi connectivity index (χ0v) is 16.3. The summed E-state index contributed by atoms with van der Waals surface area (Å²) in [6.07, 6.45) is 3.99. The van der Waals surface area contributed by atoms with Gasteiger partial charge in [-0.05, 0) is 67.8 Å². The molecule has 0 aromatic heterocycles. The van der Waals surface area contributed by atoms with Gasteiger partial charge in [-0.1, -0.05) is 13.0 Å². The van der Waals surface area contributed by atoms with E-state index in [9.17, 15) is 9.90 Å². The number of hydrogen-bond acceptors (Lipinski definition) is 6. The molecule has 0 spiro atoms. The largest absolute Gasteiger partial charge is 0.507 e. The van der Waals surface area contributed by atoms with Crippen molar-refractivity contribution in [3.05, 3.63) is 52.8 Å². The molecule has 0 amide bonds. The fourth-order valence-electron chi connectivity index (χ4n) is 4.05. The monoisotopic (exact) mass is 393 g/mol. The van der Waals surface area contributed by atoms with E-state index >= 15 is 0 Å².